The van der Waals surface area contributed by atoms with Crippen LogP contribution >= 0.6 is 0 Å². The van der Waals surface area contributed by atoms with Gasteiger partial charge in [0.2, 0.25) is 5.95 Å². The Morgan fingerprint density at radius 2 is 2.10 bits per heavy atom. The van der Waals surface area contributed by atoms with E-state index in [-0.39, 0.29) is 13.0 Å². The van der Waals surface area contributed by atoms with E-state index in [1.807, 2.05) is 4.57 Å². The molecule has 0 aromatic carbocycles. The highest BCUT2D eigenvalue weighted by atomic mass is 19.3. The van der Waals surface area contributed by atoms with Gasteiger partial charge in [0, 0.05) is 26.0 Å². The van der Waals surface area contributed by atoms with E-state index in [0.29, 0.717) is 38.0 Å². The molecule has 1 saturated heterocycles. The van der Waals surface area contributed by atoms with Crippen molar-refractivity contribution in [1.82, 2.24) is 14.8 Å². The topological polar surface area (TPSA) is 43.2 Å². The number of methoxy groups -OCH3 is 1. The normalized spacial score (nSPS) is 22.3. The molecule has 1 aliphatic carbocycles. The lowest BCUT2D eigenvalue weighted by Gasteiger charge is -2.33. The number of nitrogens with zero attached hydrogens (tertiary/aromatic N) is 4. The van der Waals surface area contributed by atoms with Crippen molar-refractivity contribution in [3.05, 3.63) is 5.82 Å². The van der Waals surface area contributed by atoms with E-state index in [1.165, 1.54) is 6.42 Å². The van der Waals surface area contributed by atoms with Gasteiger partial charge in [-0.1, -0.05) is 6.42 Å². The number of halogens is 2. The first-order chi connectivity index (χ1) is 10.1. The average Bonchev–Trinajstić information content (AvgIpc) is 2.77. The molecule has 21 heavy (non-hydrogen) atoms. The summed E-state index contributed by atoms with van der Waals surface area (Å²) in [6.07, 6.45) is 3.88. The van der Waals surface area contributed by atoms with Crippen LogP contribution in [0.25, 0.3) is 0 Å². The first-order valence-electron chi connectivity index (χ1n) is 7.65. The van der Waals surface area contributed by atoms with E-state index >= 15 is 0 Å². The molecule has 2 heterocycles. The summed E-state index contributed by atoms with van der Waals surface area (Å²) < 4.78 is 34.4. The zero-order valence-corrected chi connectivity index (χ0v) is 12.4. The number of anilines is 1. The van der Waals surface area contributed by atoms with Gasteiger partial charge in [-0.2, -0.15) is 0 Å². The molecule has 0 atom stereocenters. The SMILES string of the molecule is COCCn1c(C2CCC2)nnc1N1CCCC(F)(F)C1. The molecule has 0 radical (unpaired) electrons. The van der Waals surface area contributed by atoms with Crippen LogP contribution in [0.4, 0.5) is 14.7 Å². The van der Waals surface area contributed by atoms with Gasteiger partial charge in [-0.15, -0.1) is 10.2 Å². The van der Waals surface area contributed by atoms with Gasteiger partial charge in [0.25, 0.3) is 5.92 Å². The highest BCUT2D eigenvalue weighted by Gasteiger charge is 2.37. The number of piperidine rings is 1. The van der Waals surface area contributed by atoms with Crippen molar-refractivity contribution in [2.24, 2.45) is 0 Å². The van der Waals surface area contributed by atoms with E-state index < -0.39 is 5.92 Å². The molecule has 2 fully saturated rings. The van der Waals surface area contributed by atoms with E-state index in [2.05, 4.69) is 10.2 Å². The van der Waals surface area contributed by atoms with Gasteiger partial charge in [0.05, 0.1) is 19.7 Å². The van der Waals surface area contributed by atoms with Gasteiger partial charge in [-0.25, -0.2) is 8.78 Å². The Hall–Kier alpha value is -1.24. The van der Waals surface area contributed by atoms with Crippen molar-refractivity contribution >= 4 is 5.95 Å². The summed E-state index contributed by atoms with van der Waals surface area (Å²) >= 11 is 0. The van der Waals surface area contributed by atoms with Crippen molar-refractivity contribution in [3.8, 4) is 0 Å². The number of aromatic nitrogens is 3. The van der Waals surface area contributed by atoms with Crippen LogP contribution in [0, 0.1) is 0 Å². The molecule has 2 aliphatic rings. The average molecular weight is 300 g/mol. The third-order valence-electron chi connectivity index (χ3n) is 4.42. The van der Waals surface area contributed by atoms with Crippen LogP contribution in [-0.4, -0.2) is 47.5 Å². The number of alkyl halides is 2. The van der Waals surface area contributed by atoms with Crippen molar-refractivity contribution in [2.45, 2.75) is 50.5 Å². The van der Waals surface area contributed by atoms with Crippen LogP contribution in [0.3, 0.4) is 0 Å². The van der Waals surface area contributed by atoms with Crippen LogP contribution in [0.1, 0.15) is 43.8 Å². The molecule has 5 nitrogen and oxygen atoms in total. The van der Waals surface area contributed by atoms with E-state index in [4.69, 9.17) is 4.74 Å². The second-order valence-corrected chi connectivity index (χ2v) is 6.01. The minimum Gasteiger partial charge on any atom is -0.383 e. The van der Waals surface area contributed by atoms with E-state index in [9.17, 15) is 8.78 Å². The van der Waals surface area contributed by atoms with Crippen LogP contribution in [0.15, 0.2) is 0 Å². The zero-order chi connectivity index (χ0) is 14.9. The molecule has 0 bridgehead atoms. The third-order valence-corrected chi connectivity index (χ3v) is 4.42. The van der Waals surface area contributed by atoms with Crippen LogP contribution < -0.4 is 4.90 Å². The Bertz CT molecular complexity index is 487. The number of hydrogen-bond acceptors (Lipinski definition) is 4. The Kier molecular flexibility index (Phi) is 4.10. The summed E-state index contributed by atoms with van der Waals surface area (Å²) in [5, 5.41) is 8.50. The van der Waals surface area contributed by atoms with E-state index in [1.54, 1.807) is 12.0 Å². The minimum atomic E-state index is -2.63. The monoisotopic (exact) mass is 300 g/mol. The van der Waals surface area contributed by atoms with Crippen molar-refractivity contribution in [3.63, 3.8) is 0 Å². The molecule has 1 aliphatic heterocycles. The summed E-state index contributed by atoms with van der Waals surface area (Å²) in [6.45, 7) is 1.51. The fourth-order valence-electron chi connectivity index (χ4n) is 3.04. The Morgan fingerprint density at radius 1 is 1.29 bits per heavy atom. The largest absolute Gasteiger partial charge is 0.383 e. The van der Waals surface area contributed by atoms with Crippen molar-refractivity contribution < 1.29 is 13.5 Å². The third kappa shape index (κ3) is 3.02. The Morgan fingerprint density at radius 3 is 2.71 bits per heavy atom. The lowest BCUT2D eigenvalue weighted by Crippen LogP contribution is -2.44. The number of hydrogen-bond donors (Lipinski definition) is 0. The summed E-state index contributed by atoms with van der Waals surface area (Å²) in [5.74, 6) is -0.698. The van der Waals surface area contributed by atoms with Gasteiger partial charge >= 0.3 is 0 Å². The van der Waals surface area contributed by atoms with Crippen molar-refractivity contribution in [2.75, 3.05) is 31.7 Å². The fourth-order valence-corrected chi connectivity index (χ4v) is 3.04. The lowest BCUT2D eigenvalue weighted by atomic mass is 9.85. The second kappa shape index (κ2) is 5.87. The zero-order valence-electron chi connectivity index (χ0n) is 12.4. The van der Waals surface area contributed by atoms with Gasteiger partial charge in [-0.05, 0) is 19.3 Å². The molecule has 3 rings (SSSR count). The molecular weight excluding hydrogens is 278 g/mol. The number of ether oxygens (including phenoxy) is 1. The van der Waals surface area contributed by atoms with Crippen LogP contribution in [0.2, 0.25) is 0 Å². The molecule has 7 heteroatoms. The molecule has 0 unspecified atom stereocenters. The predicted octanol–water partition coefficient (Wildman–Crippen LogP) is 2.43. The summed E-state index contributed by atoms with van der Waals surface area (Å²) in [4.78, 5) is 1.67. The summed E-state index contributed by atoms with van der Waals surface area (Å²) in [6, 6.07) is 0. The molecule has 1 aromatic rings. The molecule has 118 valence electrons. The molecule has 1 aromatic heterocycles. The maximum absolute atomic E-state index is 13.6. The minimum absolute atomic E-state index is 0.0365. The maximum atomic E-state index is 13.6. The van der Waals surface area contributed by atoms with Gasteiger partial charge in [-0.3, -0.25) is 4.57 Å². The quantitative estimate of drug-likeness (QED) is 0.837. The first kappa shape index (κ1) is 14.7. The Labute approximate surface area is 123 Å². The highest BCUT2D eigenvalue weighted by Crippen LogP contribution is 2.37. The fraction of sp³-hybridized carbons (Fsp3) is 0.857. The maximum Gasteiger partial charge on any atom is 0.265 e. The van der Waals surface area contributed by atoms with Gasteiger partial charge < -0.3 is 9.64 Å². The Balaban J connectivity index is 1.84. The predicted molar refractivity (Wildman–Crippen MR) is 74.9 cm³/mol. The van der Waals surface area contributed by atoms with Gasteiger partial charge in [0.15, 0.2) is 0 Å². The van der Waals surface area contributed by atoms with Gasteiger partial charge in [0.1, 0.15) is 5.82 Å². The lowest BCUT2D eigenvalue weighted by molar-refractivity contribution is -0.0122. The molecular formula is C14H22F2N4O. The van der Waals surface area contributed by atoms with E-state index in [0.717, 1.165) is 18.7 Å². The highest BCUT2D eigenvalue weighted by molar-refractivity contribution is 5.33. The number of rotatable bonds is 5. The van der Waals surface area contributed by atoms with Crippen LogP contribution in [-0.2, 0) is 11.3 Å². The summed E-state index contributed by atoms with van der Waals surface area (Å²) in [5.41, 5.74) is 0. The molecule has 1 saturated carbocycles. The standard InChI is InChI=1S/C14H22F2N4O/c1-21-9-8-20-12(11-4-2-5-11)17-18-13(20)19-7-3-6-14(15,16)10-19/h11H,2-10H2,1H3. The molecule has 0 amide bonds. The second-order valence-electron chi connectivity index (χ2n) is 6.01. The molecule has 0 N–H and O–H groups in total. The molecule has 0 spiro atoms. The summed E-state index contributed by atoms with van der Waals surface area (Å²) in [7, 11) is 1.64. The van der Waals surface area contributed by atoms with Crippen molar-refractivity contribution in [1.29, 1.82) is 0 Å². The first-order valence-corrected chi connectivity index (χ1v) is 7.65. The van der Waals surface area contributed by atoms with Crippen LogP contribution in [0.5, 0.6) is 0 Å². The smallest absolute Gasteiger partial charge is 0.265 e.